The molecule has 3 heterocycles. The van der Waals surface area contributed by atoms with Crippen LogP contribution in [-0.4, -0.2) is 46.5 Å². The molecular weight excluding hydrogens is 416 g/mol. The number of nitrogens with zero attached hydrogens (tertiary/aromatic N) is 3. The zero-order valence-corrected chi connectivity index (χ0v) is 18.3. The molecule has 2 aromatic heterocycles. The van der Waals surface area contributed by atoms with Gasteiger partial charge in [0.2, 0.25) is 5.91 Å². The fraction of sp³-hybridized carbons (Fsp3) is 0.364. The smallest absolute Gasteiger partial charge is 0.262 e. The number of likely N-dealkylation sites (tertiary alicyclic amines) is 1. The zero-order valence-electron chi connectivity index (χ0n) is 17.5. The molecule has 1 N–H and O–H groups in total. The predicted octanol–water partition coefficient (Wildman–Crippen LogP) is 2.33. The van der Waals surface area contributed by atoms with Crippen molar-refractivity contribution in [3.05, 3.63) is 57.0 Å². The average Bonchev–Trinajstić information content (AvgIpc) is 3.43. The van der Waals surface area contributed by atoms with E-state index in [0.717, 1.165) is 31.5 Å². The first-order chi connectivity index (χ1) is 15.0. The molecule has 0 unspecified atom stereocenters. The van der Waals surface area contributed by atoms with Gasteiger partial charge in [0.1, 0.15) is 17.1 Å². The molecule has 2 amide bonds. The van der Waals surface area contributed by atoms with Crippen molar-refractivity contribution in [2.45, 2.75) is 32.9 Å². The normalized spacial score (nSPS) is 13.5. The summed E-state index contributed by atoms with van der Waals surface area (Å²) in [5.74, 6) is 0.344. The number of aromatic nitrogens is 2. The van der Waals surface area contributed by atoms with E-state index in [1.807, 2.05) is 24.3 Å². The van der Waals surface area contributed by atoms with Gasteiger partial charge >= 0.3 is 0 Å². The third kappa shape index (κ3) is 4.18. The minimum atomic E-state index is -0.296. The van der Waals surface area contributed by atoms with Gasteiger partial charge in [0.25, 0.3) is 11.5 Å². The minimum Gasteiger partial charge on any atom is -0.496 e. The highest BCUT2D eigenvalue weighted by molar-refractivity contribution is 7.20. The van der Waals surface area contributed by atoms with Gasteiger partial charge in [0, 0.05) is 25.2 Å². The van der Waals surface area contributed by atoms with E-state index in [4.69, 9.17) is 4.74 Å². The van der Waals surface area contributed by atoms with Crippen molar-refractivity contribution in [1.82, 2.24) is 19.8 Å². The van der Waals surface area contributed by atoms with E-state index in [2.05, 4.69) is 10.3 Å². The number of para-hydroxylation sites is 1. The molecule has 1 fully saturated rings. The van der Waals surface area contributed by atoms with E-state index in [1.54, 1.807) is 18.9 Å². The van der Waals surface area contributed by atoms with Crippen LogP contribution in [0.5, 0.6) is 5.75 Å². The summed E-state index contributed by atoms with van der Waals surface area (Å²) in [4.78, 5) is 45.3. The first-order valence-electron chi connectivity index (χ1n) is 10.2. The van der Waals surface area contributed by atoms with Crippen molar-refractivity contribution in [3.63, 3.8) is 0 Å². The Kier molecular flexibility index (Phi) is 6.03. The van der Waals surface area contributed by atoms with Crippen LogP contribution in [0, 0.1) is 6.92 Å². The monoisotopic (exact) mass is 440 g/mol. The first kappa shape index (κ1) is 21.0. The molecule has 9 heteroatoms. The third-order valence-corrected chi connectivity index (χ3v) is 6.72. The second-order valence-corrected chi connectivity index (χ2v) is 8.50. The number of carbonyl (C=O) groups excluding carboxylic acids is 2. The number of aryl methyl sites for hydroxylation is 1. The van der Waals surface area contributed by atoms with E-state index < -0.39 is 0 Å². The fourth-order valence-electron chi connectivity index (χ4n) is 3.81. The van der Waals surface area contributed by atoms with Crippen molar-refractivity contribution < 1.29 is 14.3 Å². The Morgan fingerprint density at radius 3 is 2.71 bits per heavy atom. The van der Waals surface area contributed by atoms with E-state index >= 15 is 0 Å². The van der Waals surface area contributed by atoms with Gasteiger partial charge < -0.3 is 15.0 Å². The molecule has 162 valence electrons. The molecule has 0 spiro atoms. The van der Waals surface area contributed by atoms with Crippen molar-refractivity contribution in [1.29, 1.82) is 0 Å². The number of rotatable bonds is 6. The maximum Gasteiger partial charge on any atom is 0.262 e. The van der Waals surface area contributed by atoms with Gasteiger partial charge in [-0.05, 0) is 31.4 Å². The summed E-state index contributed by atoms with van der Waals surface area (Å²) < 4.78 is 6.65. The predicted molar refractivity (Wildman–Crippen MR) is 119 cm³/mol. The molecule has 1 aliphatic rings. The lowest BCUT2D eigenvalue weighted by Crippen LogP contribution is -2.34. The van der Waals surface area contributed by atoms with Crippen LogP contribution in [0.25, 0.3) is 10.2 Å². The molecule has 1 aliphatic heterocycles. The van der Waals surface area contributed by atoms with Crippen LogP contribution < -0.4 is 15.6 Å². The Labute approximate surface area is 183 Å². The van der Waals surface area contributed by atoms with Gasteiger partial charge in [-0.1, -0.05) is 18.2 Å². The van der Waals surface area contributed by atoms with Crippen LogP contribution in [0.4, 0.5) is 0 Å². The Bertz CT molecular complexity index is 1190. The number of methoxy groups -OCH3 is 1. The van der Waals surface area contributed by atoms with Gasteiger partial charge in [-0.3, -0.25) is 19.0 Å². The van der Waals surface area contributed by atoms with Gasteiger partial charge in [-0.15, -0.1) is 11.3 Å². The molecule has 0 radical (unpaired) electrons. The standard InChI is InChI=1S/C22H24N4O4S/c1-14-18-21(24-13-26(22(18)29)12-17(27)25-9-5-6-10-25)31-19(14)20(28)23-11-15-7-3-4-8-16(15)30-2/h3-4,7-8,13H,5-6,9-12H2,1-2H3,(H,23,28). The number of hydrogen-bond acceptors (Lipinski definition) is 6. The molecule has 0 saturated carbocycles. The van der Waals surface area contributed by atoms with Crippen LogP contribution in [-0.2, 0) is 17.9 Å². The van der Waals surface area contributed by atoms with Crippen LogP contribution >= 0.6 is 11.3 Å². The van der Waals surface area contributed by atoms with E-state index in [-0.39, 0.29) is 23.9 Å². The molecule has 31 heavy (non-hydrogen) atoms. The van der Waals surface area contributed by atoms with E-state index in [9.17, 15) is 14.4 Å². The number of hydrogen-bond donors (Lipinski definition) is 1. The van der Waals surface area contributed by atoms with Crippen LogP contribution in [0.1, 0.15) is 33.6 Å². The Morgan fingerprint density at radius 2 is 1.97 bits per heavy atom. The highest BCUT2D eigenvalue weighted by Gasteiger charge is 2.22. The fourth-order valence-corrected chi connectivity index (χ4v) is 4.86. The van der Waals surface area contributed by atoms with E-state index in [1.165, 1.54) is 22.2 Å². The number of thiophene rings is 1. The summed E-state index contributed by atoms with van der Waals surface area (Å²) in [5.41, 5.74) is 1.14. The van der Waals surface area contributed by atoms with Gasteiger partial charge in [0.15, 0.2) is 0 Å². The second kappa shape index (κ2) is 8.89. The largest absolute Gasteiger partial charge is 0.496 e. The highest BCUT2D eigenvalue weighted by atomic mass is 32.1. The molecule has 3 aromatic rings. The Hall–Kier alpha value is -3.20. The summed E-state index contributed by atoms with van der Waals surface area (Å²) in [7, 11) is 1.59. The summed E-state index contributed by atoms with van der Waals surface area (Å²) in [6.45, 7) is 3.48. The number of nitrogens with one attached hydrogen (secondary N) is 1. The second-order valence-electron chi connectivity index (χ2n) is 7.50. The molecule has 1 saturated heterocycles. The first-order valence-corrected chi connectivity index (χ1v) is 11.0. The van der Waals surface area contributed by atoms with Crippen molar-refractivity contribution in [2.24, 2.45) is 0 Å². The number of carbonyl (C=O) groups is 2. The Balaban J connectivity index is 1.55. The SMILES string of the molecule is COc1ccccc1CNC(=O)c1sc2ncn(CC(=O)N3CCCC3)c(=O)c2c1C. The Morgan fingerprint density at radius 1 is 1.23 bits per heavy atom. The lowest BCUT2D eigenvalue weighted by Gasteiger charge is -2.15. The molecule has 0 atom stereocenters. The summed E-state index contributed by atoms with van der Waals surface area (Å²) in [5, 5.41) is 3.28. The molecule has 0 aliphatic carbocycles. The highest BCUT2D eigenvalue weighted by Crippen LogP contribution is 2.27. The van der Waals surface area contributed by atoms with Crippen molar-refractivity contribution in [2.75, 3.05) is 20.2 Å². The number of benzene rings is 1. The average molecular weight is 441 g/mol. The maximum atomic E-state index is 13.0. The summed E-state index contributed by atoms with van der Waals surface area (Å²) >= 11 is 1.18. The number of fused-ring (bicyclic) bond motifs is 1. The summed E-state index contributed by atoms with van der Waals surface area (Å²) in [6.07, 6.45) is 3.38. The third-order valence-electron chi connectivity index (χ3n) is 5.52. The van der Waals surface area contributed by atoms with Crippen LogP contribution in [0.2, 0.25) is 0 Å². The lowest BCUT2D eigenvalue weighted by atomic mass is 10.2. The zero-order chi connectivity index (χ0) is 22.0. The molecule has 0 bridgehead atoms. The molecule has 1 aromatic carbocycles. The number of amides is 2. The quantitative estimate of drug-likeness (QED) is 0.635. The van der Waals surface area contributed by atoms with Crippen molar-refractivity contribution in [3.8, 4) is 5.75 Å². The van der Waals surface area contributed by atoms with Gasteiger partial charge in [-0.25, -0.2) is 4.98 Å². The maximum absolute atomic E-state index is 13.0. The molecule has 8 nitrogen and oxygen atoms in total. The van der Waals surface area contributed by atoms with Crippen LogP contribution in [0.3, 0.4) is 0 Å². The molecule has 4 rings (SSSR count). The van der Waals surface area contributed by atoms with Gasteiger partial charge in [0.05, 0.1) is 23.7 Å². The number of ether oxygens (including phenoxy) is 1. The van der Waals surface area contributed by atoms with Crippen LogP contribution in [0.15, 0.2) is 35.4 Å². The molecular formula is C22H24N4O4S. The minimum absolute atomic E-state index is 0.0353. The van der Waals surface area contributed by atoms with Gasteiger partial charge in [-0.2, -0.15) is 0 Å². The van der Waals surface area contributed by atoms with E-state index in [0.29, 0.717) is 33.0 Å². The lowest BCUT2D eigenvalue weighted by molar-refractivity contribution is -0.130. The summed E-state index contributed by atoms with van der Waals surface area (Å²) in [6, 6.07) is 7.46. The van der Waals surface area contributed by atoms with Crippen molar-refractivity contribution >= 4 is 33.4 Å². The topological polar surface area (TPSA) is 93.5 Å².